The zero-order valence-corrected chi connectivity index (χ0v) is 17.7. The summed E-state index contributed by atoms with van der Waals surface area (Å²) in [6.07, 6.45) is 7.32. The van der Waals surface area contributed by atoms with E-state index < -0.39 is 5.60 Å². The number of aliphatic imine (C=N–C) groups is 1. The number of aromatic nitrogens is 2. The average molecular weight is 379 g/mol. The number of hydrogen-bond acceptors (Lipinski definition) is 4. The monoisotopic (exact) mass is 378 g/mol. The van der Waals surface area contributed by atoms with Crippen LogP contribution in [0.25, 0.3) is 0 Å². The Hall–Kier alpha value is -1.60. The molecule has 0 spiro atoms. The standard InChI is InChI=1S/C20H38N6O/c1-6-21-19(23-15-20(4,27)17-12-24-25(5)14-17)22-13-18(11-16(2)3)26-9-7-8-10-26/h12,14,16,18,27H,6-11,13,15H2,1-5H3,(H2,21,22,23). The Kier molecular flexibility index (Phi) is 8.10. The molecule has 0 aromatic carbocycles. The number of nitrogens with one attached hydrogen (secondary N) is 2. The van der Waals surface area contributed by atoms with E-state index in [1.54, 1.807) is 17.8 Å². The van der Waals surface area contributed by atoms with Crippen LogP contribution in [0.2, 0.25) is 0 Å². The number of rotatable bonds is 9. The van der Waals surface area contributed by atoms with Crippen molar-refractivity contribution in [2.45, 2.75) is 58.6 Å². The molecule has 0 radical (unpaired) electrons. The van der Waals surface area contributed by atoms with Crippen LogP contribution in [0.5, 0.6) is 0 Å². The lowest BCUT2D eigenvalue weighted by molar-refractivity contribution is 0.0671. The van der Waals surface area contributed by atoms with Gasteiger partial charge in [-0.25, -0.2) is 4.99 Å². The molecule has 1 aliphatic rings. The van der Waals surface area contributed by atoms with Crippen molar-refractivity contribution in [3.8, 4) is 0 Å². The van der Waals surface area contributed by atoms with Gasteiger partial charge in [-0.15, -0.1) is 0 Å². The van der Waals surface area contributed by atoms with Crippen molar-refractivity contribution in [2.75, 3.05) is 32.7 Å². The summed E-state index contributed by atoms with van der Waals surface area (Å²) in [5.74, 6) is 1.43. The van der Waals surface area contributed by atoms with Gasteiger partial charge >= 0.3 is 0 Å². The van der Waals surface area contributed by atoms with Crippen LogP contribution < -0.4 is 10.6 Å². The first-order valence-electron chi connectivity index (χ1n) is 10.3. The Balaban J connectivity index is 1.98. The number of nitrogens with zero attached hydrogens (tertiary/aromatic N) is 4. The molecule has 0 saturated carbocycles. The third-order valence-corrected chi connectivity index (χ3v) is 5.12. The highest BCUT2D eigenvalue weighted by Gasteiger charge is 2.25. The van der Waals surface area contributed by atoms with Crippen LogP contribution in [0.4, 0.5) is 0 Å². The van der Waals surface area contributed by atoms with Crippen molar-refractivity contribution in [2.24, 2.45) is 18.0 Å². The molecule has 0 bridgehead atoms. The van der Waals surface area contributed by atoms with Crippen LogP contribution >= 0.6 is 0 Å². The molecule has 1 aromatic rings. The molecule has 154 valence electrons. The van der Waals surface area contributed by atoms with Crippen molar-refractivity contribution in [1.82, 2.24) is 25.3 Å². The Morgan fingerprint density at radius 2 is 2.04 bits per heavy atom. The molecule has 2 atom stereocenters. The number of likely N-dealkylation sites (tertiary alicyclic amines) is 1. The van der Waals surface area contributed by atoms with Crippen molar-refractivity contribution in [1.29, 1.82) is 0 Å². The summed E-state index contributed by atoms with van der Waals surface area (Å²) in [5.41, 5.74) is -0.262. The minimum Gasteiger partial charge on any atom is -0.383 e. The third-order valence-electron chi connectivity index (χ3n) is 5.12. The summed E-state index contributed by atoms with van der Waals surface area (Å²) in [5, 5.41) is 21.7. The predicted octanol–water partition coefficient (Wildman–Crippen LogP) is 1.69. The molecule has 1 aliphatic heterocycles. The van der Waals surface area contributed by atoms with Gasteiger partial charge in [-0.2, -0.15) is 5.10 Å². The van der Waals surface area contributed by atoms with Gasteiger partial charge in [-0.3, -0.25) is 9.58 Å². The average Bonchev–Trinajstić information content (AvgIpc) is 3.27. The zero-order valence-electron chi connectivity index (χ0n) is 17.7. The third kappa shape index (κ3) is 6.81. The SMILES string of the molecule is CCNC(=NCC(C)(O)c1cnn(C)c1)NCC(CC(C)C)N1CCCC1. The smallest absolute Gasteiger partial charge is 0.191 e. The van der Waals surface area contributed by atoms with Crippen LogP contribution in [0.3, 0.4) is 0 Å². The van der Waals surface area contributed by atoms with Gasteiger partial charge < -0.3 is 15.7 Å². The fraction of sp³-hybridized carbons (Fsp3) is 0.800. The van der Waals surface area contributed by atoms with Gasteiger partial charge in [0.15, 0.2) is 5.96 Å². The zero-order chi connectivity index (χ0) is 19.9. The van der Waals surface area contributed by atoms with E-state index >= 15 is 0 Å². The van der Waals surface area contributed by atoms with E-state index in [0.29, 0.717) is 12.0 Å². The molecule has 2 rings (SSSR count). The molecule has 1 saturated heterocycles. The first-order chi connectivity index (χ1) is 12.8. The number of hydrogen-bond donors (Lipinski definition) is 3. The predicted molar refractivity (Wildman–Crippen MR) is 111 cm³/mol. The largest absolute Gasteiger partial charge is 0.383 e. The molecule has 7 nitrogen and oxygen atoms in total. The van der Waals surface area contributed by atoms with E-state index in [9.17, 15) is 5.11 Å². The summed E-state index contributed by atoms with van der Waals surface area (Å²) in [7, 11) is 1.85. The summed E-state index contributed by atoms with van der Waals surface area (Å²) >= 11 is 0. The molecule has 3 N–H and O–H groups in total. The molecule has 1 aromatic heterocycles. The lowest BCUT2D eigenvalue weighted by atomic mass is 10.0. The van der Waals surface area contributed by atoms with Crippen LogP contribution in [0.1, 0.15) is 52.5 Å². The van der Waals surface area contributed by atoms with Gasteiger partial charge in [0.25, 0.3) is 0 Å². The van der Waals surface area contributed by atoms with Gasteiger partial charge in [0.1, 0.15) is 5.60 Å². The van der Waals surface area contributed by atoms with Crippen molar-refractivity contribution < 1.29 is 5.11 Å². The lowest BCUT2D eigenvalue weighted by Crippen LogP contribution is -2.47. The lowest BCUT2D eigenvalue weighted by Gasteiger charge is -2.30. The summed E-state index contributed by atoms with van der Waals surface area (Å²) in [6, 6.07) is 0.523. The van der Waals surface area contributed by atoms with Crippen LogP contribution in [-0.2, 0) is 12.6 Å². The van der Waals surface area contributed by atoms with Gasteiger partial charge in [0.2, 0.25) is 0 Å². The maximum atomic E-state index is 10.8. The molecule has 7 heteroatoms. The van der Waals surface area contributed by atoms with Gasteiger partial charge in [0.05, 0.1) is 12.7 Å². The van der Waals surface area contributed by atoms with Crippen molar-refractivity contribution in [3.05, 3.63) is 18.0 Å². The summed E-state index contributed by atoms with van der Waals surface area (Å²) in [6.45, 7) is 12.8. The van der Waals surface area contributed by atoms with E-state index in [4.69, 9.17) is 0 Å². The highest BCUT2D eigenvalue weighted by Crippen LogP contribution is 2.20. The van der Waals surface area contributed by atoms with E-state index in [1.165, 1.54) is 32.4 Å². The van der Waals surface area contributed by atoms with E-state index in [0.717, 1.165) is 24.6 Å². The second-order valence-corrected chi connectivity index (χ2v) is 8.28. The second kappa shape index (κ2) is 10.1. The number of aliphatic hydroxyl groups is 1. The van der Waals surface area contributed by atoms with Crippen molar-refractivity contribution >= 4 is 5.96 Å². The molecular weight excluding hydrogens is 340 g/mol. The van der Waals surface area contributed by atoms with Crippen LogP contribution in [-0.4, -0.2) is 64.5 Å². The molecule has 2 heterocycles. The fourth-order valence-electron chi connectivity index (χ4n) is 3.59. The highest BCUT2D eigenvalue weighted by molar-refractivity contribution is 5.79. The van der Waals surface area contributed by atoms with E-state index in [-0.39, 0.29) is 6.54 Å². The van der Waals surface area contributed by atoms with Crippen LogP contribution in [0, 0.1) is 5.92 Å². The maximum absolute atomic E-state index is 10.8. The minimum absolute atomic E-state index is 0.284. The number of guanidine groups is 1. The minimum atomic E-state index is -1.04. The molecule has 2 unspecified atom stereocenters. The first-order valence-corrected chi connectivity index (χ1v) is 10.3. The molecule has 0 aliphatic carbocycles. The first kappa shape index (κ1) is 21.7. The normalized spacial score (nSPS) is 19.3. The molecule has 1 fully saturated rings. The van der Waals surface area contributed by atoms with E-state index in [1.807, 2.05) is 13.2 Å². The van der Waals surface area contributed by atoms with Gasteiger partial charge in [0, 0.05) is 37.9 Å². The molecular formula is C20H38N6O. The molecule has 0 amide bonds. The second-order valence-electron chi connectivity index (χ2n) is 8.28. The van der Waals surface area contributed by atoms with Crippen molar-refractivity contribution in [3.63, 3.8) is 0 Å². The molecule has 27 heavy (non-hydrogen) atoms. The Morgan fingerprint density at radius 1 is 1.33 bits per heavy atom. The Morgan fingerprint density at radius 3 is 2.59 bits per heavy atom. The van der Waals surface area contributed by atoms with Gasteiger partial charge in [-0.05, 0) is 52.1 Å². The van der Waals surface area contributed by atoms with Gasteiger partial charge in [-0.1, -0.05) is 13.8 Å². The summed E-state index contributed by atoms with van der Waals surface area (Å²) in [4.78, 5) is 7.24. The topological polar surface area (TPSA) is 77.7 Å². The Bertz CT molecular complexity index is 589. The Labute approximate surface area is 164 Å². The number of aryl methyl sites for hydroxylation is 1. The van der Waals surface area contributed by atoms with E-state index in [2.05, 4.69) is 46.4 Å². The fourth-order valence-corrected chi connectivity index (χ4v) is 3.59. The maximum Gasteiger partial charge on any atom is 0.191 e. The summed E-state index contributed by atoms with van der Waals surface area (Å²) < 4.78 is 1.70. The van der Waals surface area contributed by atoms with Crippen LogP contribution in [0.15, 0.2) is 17.4 Å². The highest BCUT2D eigenvalue weighted by atomic mass is 16.3. The quantitative estimate of drug-likeness (QED) is 0.450.